The largest absolute Gasteiger partial charge is 0.354 e. The van der Waals surface area contributed by atoms with Crippen LogP contribution in [0.4, 0.5) is 5.69 Å². The maximum absolute atomic E-state index is 12.2. The van der Waals surface area contributed by atoms with Gasteiger partial charge in [0.25, 0.3) is 0 Å². The molecule has 0 fully saturated rings. The fourth-order valence-corrected chi connectivity index (χ4v) is 3.63. The van der Waals surface area contributed by atoms with Gasteiger partial charge in [0.1, 0.15) is 6.54 Å². The van der Waals surface area contributed by atoms with Gasteiger partial charge in [-0.25, -0.2) is 8.42 Å². The second kappa shape index (κ2) is 8.75. The Kier molecular flexibility index (Phi) is 6.92. The van der Waals surface area contributed by atoms with E-state index in [1.807, 2.05) is 12.1 Å². The average molecular weight is 415 g/mol. The zero-order valence-electron chi connectivity index (χ0n) is 14.5. The van der Waals surface area contributed by atoms with Crippen molar-refractivity contribution in [2.24, 2.45) is 0 Å². The van der Waals surface area contributed by atoms with Gasteiger partial charge in [0.15, 0.2) is 0 Å². The quantitative estimate of drug-likeness (QED) is 0.754. The van der Waals surface area contributed by atoms with Crippen molar-refractivity contribution in [2.75, 3.05) is 23.7 Å². The first-order valence-electron chi connectivity index (χ1n) is 7.92. The SMILES string of the molecule is Cc1c(Cl)cccc1N(CC(=O)NCCc1ccc(Cl)cc1)S(C)(=O)=O. The summed E-state index contributed by atoms with van der Waals surface area (Å²) in [6.45, 7) is 1.81. The number of nitrogens with one attached hydrogen (secondary N) is 1. The minimum absolute atomic E-state index is 0.305. The molecule has 26 heavy (non-hydrogen) atoms. The van der Waals surface area contributed by atoms with E-state index < -0.39 is 10.0 Å². The van der Waals surface area contributed by atoms with Gasteiger partial charge in [0, 0.05) is 16.6 Å². The fourth-order valence-electron chi connectivity index (χ4n) is 2.43. The highest BCUT2D eigenvalue weighted by atomic mass is 35.5. The standard InChI is InChI=1S/C18H20Cl2N2O3S/c1-13-16(20)4-3-5-17(13)22(26(2,24)25)12-18(23)21-11-10-14-6-8-15(19)9-7-14/h3-9H,10-12H2,1-2H3,(H,21,23). The third-order valence-electron chi connectivity index (χ3n) is 3.84. The molecule has 2 aromatic carbocycles. The number of rotatable bonds is 7. The summed E-state index contributed by atoms with van der Waals surface area (Å²) in [5.74, 6) is -0.385. The lowest BCUT2D eigenvalue weighted by molar-refractivity contribution is -0.119. The Bertz CT molecular complexity index is 884. The Morgan fingerprint density at radius 3 is 2.38 bits per heavy atom. The molecule has 140 valence electrons. The molecule has 1 N–H and O–H groups in total. The second-order valence-electron chi connectivity index (χ2n) is 5.88. The highest BCUT2D eigenvalue weighted by molar-refractivity contribution is 7.92. The molecule has 8 heteroatoms. The number of benzene rings is 2. The summed E-state index contributed by atoms with van der Waals surface area (Å²) in [4.78, 5) is 12.2. The fraction of sp³-hybridized carbons (Fsp3) is 0.278. The number of sulfonamides is 1. The van der Waals surface area contributed by atoms with Crippen LogP contribution in [0.1, 0.15) is 11.1 Å². The van der Waals surface area contributed by atoms with Gasteiger partial charge in [-0.15, -0.1) is 0 Å². The highest BCUT2D eigenvalue weighted by Gasteiger charge is 2.22. The van der Waals surface area contributed by atoms with Crippen LogP contribution in [0.15, 0.2) is 42.5 Å². The lowest BCUT2D eigenvalue weighted by Crippen LogP contribution is -2.41. The summed E-state index contributed by atoms with van der Waals surface area (Å²) < 4.78 is 25.4. The monoisotopic (exact) mass is 414 g/mol. The van der Waals surface area contributed by atoms with Crippen molar-refractivity contribution >= 4 is 44.8 Å². The minimum Gasteiger partial charge on any atom is -0.354 e. The van der Waals surface area contributed by atoms with Crippen LogP contribution in [0.2, 0.25) is 10.0 Å². The molecule has 0 aliphatic rings. The first kappa shape index (κ1) is 20.6. The maximum Gasteiger partial charge on any atom is 0.240 e. The van der Waals surface area contributed by atoms with E-state index in [4.69, 9.17) is 23.2 Å². The van der Waals surface area contributed by atoms with E-state index in [1.54, 1.807) is 37.3 Å². The first-order chi connectivity index (χ1) is 12.2. The highest BCUT2D eigenvalue weighted by Crippen LogP contribution is 2.27. The van der Waals surface area contributed by atoms with E-state index in [0.29, 0.717) is 34.3 Å². The third-order valence-corrected chi connectivity index (χ3v) is 5.63. The van der Waals surface area contributed by atoms with Crippen molar-refractivity contribution in [1.82, 2.24) is 5.32 Å². The van der Waals surface area contributed by atoms with Gasteiger partial charge in [0.05, 0.1) is 11.9 Å². The maximum atomic E-state index is 12.2. The Balaban J connectivity index is 2.03. The predicted octanol–water partition coefficient (Wildman–Crippen LogP) is 3.43. The number of halogens is 2. The summed E-state index contributed by atoms with van der Waals surface area (Å²) in [6.07, 6.45) is 1.69. The molecule has 0 spiro atoms. The van der Waals surface area contributed by atoms with Gasteiger partial charge < -0.3 is 5.32 Å². The van der Waals surface area contributed by atoms with Gasteiger partial charge in [-0.1, -0.05) is 41.4 Å². The molecule has 0 saturated carbocycles. The van der Waals surface area contributed by atoms with Crippen LogP contribution in [0.5, 0.6) is 0 Å². The van der Waals surface area contributed by atoms with Gasteiger partial charge in [-0.3, -0.25) is 9.10 Å². The van der Waals surface area contributed by atoms with Crippen LogP contribution in [0.25, 0.3) is 0 Å². The molecule has 1 amide bonds. The van der Waals surface area contributed by atoms with Crippen molar-refractivity contribution in [3.05, 3.63) is 63.6 Å². The normalized spacial score (nSPS) is 11.2. The molecular weight excluding hydrogens is 395 g/mol. The van der Waals surface area contributed by atoms with Crippen LogP contribution in [0, 0.1) is 6.92 Å². The molecule has 0 atom stereocenters. The number of amides is 1. The Morgan fingerprint density at radius 2 is 1.77 bits per heavy atom. The number of carbonyl (C=O) groups excluding carboxylic acids is 1. The van der Waals surface area contributed by atoms with Crippen molar-refractivity contribution in [3.63, 3.8) is 0 Å². The molecule has 0 bridgehead atoms. The van der Waals surface area contributed by atoms with Gasteiger partial charge in [-0.2, -0.15) is 0 Å². The summed E-state index contributed by atoms with van der Waals surface area (Å²) in [6, 6.07) is 12.3. The Hall–Kier alpha value is -1.76. The number of nitrogens with zero attached hydrogens (tertiary/aromatic N) is 1. The molecule has 0 unspecified atom stereocenters. The van der Waals surface area contributed by atoms with E-state index in [2.05, 4.69) is 5.32 Å². The lowest BCUT2D eigenvalue weighted by atomic mass is 10.1. The third kappa shape index (κ3) is 5.62. The second-order valence-corrected chi connectivity index (χ2v) is 8.63. The summed E-state index contributed by atoms with van der Waals surface area (Å²) in [7, 11) is -3.64. The summed E-state index contributed by atoms with van der Waals surface area (Å²) >= 11 is 11.9. The van der Waals surface area contributed by atoms with Crippen LogP contribution in [-0.2, 0) is 21.2 Å². The number of hydrogen-bond donors (Lipinski definition) is 1. The van der Waals surface area contributed by atoms with E-state index in [-0.39, 0.29) is 12.5 Å². The number of anilines is 1. The molecule has 2 aromatic rings. The first-order valence-corrected chi connectivity index (χ1v) is 10.5. The molecule has 0 aliphatic carbocycles. The molecular formula is C18H20Cl2N2O3S. The molecule has 0 radical (unpaired) electrons. The van der Waals surface area contributed by atoms with Gasteiger partial charge in [-0.05, 0) is 48.7 Å². The Labute approximate surface area is 164 Å². The van der Waals surface area contributed by atoms with Crippen LogP contribution in [-0.4, -0.2) is 33.7 Å². The number of hydrogen-bond acceptors (Lipinski definition) is 3. The van der Waals surface area contributed by atoms with Crippen molar-refractivity contribution in [1.29, 1.82) is 0 Å². The molecule has 0 aromatic heterocycles. The minimum atomic E-state index is -3.64. The van der Waals surface area contributed by atoms with E-state index >= 15 is 0 Å². The van der Waals surface area contributed by atoms with Gasteiger partial charge >= 0.3 is 0 Å². The number of carbonyl (C=O) groups is 1. The smallest absolute Gasteiger partial charge is 0.240 e. The summed E-state index contributed by atoms with van der Waals surface area (Å²) in [5.41, 5.74) is 2.03. The molecule has 0 aliphatic heterocycles. The zero-order valence-corrected chi connectivity index (χ0v) is 16.8. The topological polar surface area (TPSA) is 66.5 Å². The average Bonchev–Trinajstić information content (AvgIpc) is 2.56. The van der Waals surface area contributed by atoms with Crippen molar-refractivity contribution in [3.8, 4) is 0 Å². The zero-order chi connectivity index (χ0) is 19.3. The lowest BCUT2D eigenvalue weighted by Gasteiger charge is -2.24. The van der Waals surface area contributed by atoms with Gasteiger partial charge in [0.2, 0.25) is 15.9 Å². The van der Waals surface area contributed by atoms with E-state index in [0.717, 1.165) is 16.1 Å². The van der Waals surface area contributed by atoms with Crippen LogP contribution >= 0.6 is 23.2 Å². The molecule has 0 saturated heterocycles. The Morgan fingerprint density at radius 1 is 1.12 bits per heavy atom. The summed E-state index contributed by atoms with van der Waals surface area (Å²) in [5, 5.41) is 3.84. The van der Waals surface area contributed by atoms with Crippen molar-refractivity contribution < 1.29 is 13.2 Å². The van der Waals surface area contributed by atoms with E-state index in [9.17, 15) is 13.2 Å². The van der Waals surface area contributed by atoms with Crippen LogP contribution < -0.4 is 9.62 Å². The van der Waals surface area contributed by atoms with E-state index in [1.165, 1.54) is 0 Å². The molecule has 2 rings (SSSR count). The predicted molar refractivity (Wildman–Crippen MR) is 107 cm³/mol. The molecule has 5 nitrogen and oxygen atoms in total. The van der Waals surface area contributed by atoms with Crippen molar-refractivity contribution in [2.45, 2.75) is 13.3 Å². The molecule has 0 heterocycles. The van der Waals surface area contributed by atoms with Crippen LogP contribution in [0.3, 0.4) is 0 Å².